The van der Waals surface area contributed by atoms with Gasteiger partial charge in [-0.3, -0.25) is 14.6 Å². The van der Waals surface area contributed by atoms with Crippen LogP contribution in [0.4, 0.5) is 5.69 Å². The summed E-state index contributed by atoms with van der Waals surface area (Å²) >= 11 is 6.10. The van der Waals surface area contributed by atoms with E-state index in [1.54, 1.807) is 11.0 Å². The molecule has 2 aliphatic rings. The molecule has 2 aliphatic heterocycles. The molecule has 1 amide bonds. The minimum atomic E-state index is -2.89. The van der Waals surface area contributed by atoms with Crippen LogP contribution in [0.5, 0.6) is 0 Å². The van der Waals surface area contributed by atoms with E-state index in [2.05, 4.69) is 15.9 Å². The van der Waals surface area contributed by atoms with Gasteiger partial charge in [-0.25, -0.2) is 8.42 Å². The zero-order valence-corrected chi connectivity index (χ0v) is 18.3. The van der Waals surface area contributed by atoms with Crippen molar-refractivity contribution in [3.63, 3.8) is 0 Å². The van der Waals surface area contributed by atoms with Crippen LogP contribution in [0, 0.1) is 18.3 Å². The molecule has 2 saturated heterocycles. The number of aryl methyl sites for hydroxylation is 1. The van der Waals surface area contributed by atoms with Crippen LogP contribution in [0.15, 0.2) is 18.2 Å². The molecule has 7 nitrogen and oxygen atoms in total. The van der Waals surface area contributed by atoms with E-state index in [0.717, 1.165) is 37.4 Å². The Labute approximate surface area is 177 Å². The van der Waals surface area contributed by atoms with Gasteiger partial charge in [-0.2, -0.15) is 5.26 Å². The number of anilines is 1. The number of carbonyl (C=O) groups is 1. The highest BCUT2D eigenvalue weighted by Crippen LogP contribution is 2.24. The lowest BCUT2D eigenvalue weighted by atomic mass is 10.1. The molecule has 0 radical (unpaired) electrons. The minimum absolute atomic E-state index is 0.0427. The molecule has 29 heavy (non-hydrogen) atoms. The van der Waals surface area contributed by atoms with E-state index < -0.39 is 9.84 Å². The number of hydrogen-bond donors (Lipinski definition) is 0. The van der Waals surface area contributed by atoms with Crippen LogP contribution < -0.4 is 4.90 Å². The molecule has 2 heterocycles. The number of carbonyl (C=O) groups excluding carboxylic acids is 1. The topological polar surface area (TPSA) is 84.7 Å². The van der Waals surface area contributed by atoms with Gasteiger partial charge in [0.05, 0.1) is 30.5 Å². The van der Waals surface area contributed by atoms with Gasteiger partial charge in [0.25, 0.3) is 0 Å². The summed E-state index contributed by atoms with van der Waals surface area (Å²) in [5.74, 6) is 0.494. The van der Waals surface area contributed by atoms with Crippen molar-refractivity contribution in [2.75, 3.05) is 55.7 Å². The number of amides is 1. The quantitative estimate of drug-likeness (QED) is 0.672. The Bertz CT molecular complexity index is 891. The average Bonchev–Trinajstić information content (AvgIpc) is 3.05. The van der Waals surface area contributed by atoms with Crippen molar-refractivity contribution in [1.82, 2.24) is 9.80 Å². The van der Waals surface area contributed by atoms with Gasteiger partial charge in [0.15, 0.2) is 9.84 Å². The highest BCUT2D eigenvalue weighted by atomic mass is 35.5. The first-order valence-corrected chi connectivity index (χ1v) is 12.1. The van der Waals surface area contributed by atoms with E-state index in [4.69, 9.17) is 16.9 Å². The van der Waals surface area contributed by atoms with Crippen LogP contribution in [0.25, 0.3) is 0 Å². The number of nitrogens with zero attached hydrogens (tertiary/aromatic N) is 4. The van der Waals surface area contributed by atoms with Crippen molar-refractivity contribution in [2.24, 2.45) is 0 Å². The van der Waals surface area contributed by atoms with E-state index in [-0.39, 0.29) is 36.4 Å². The maximum Gasteiger partial charge on any atom is 0.241 e. The molecule has 3 rings (SSSR count). The molecule has 0 aliphatic carbocycles. The van der Waals surface area contributed by atoms with Crippen LogP contribution >= 0.6 is 11.6 Å². The van der Waals surface area contributed by atoms with Gasteiger partial charge in [0.2, 0.25) is 5.91 Å². The number of hydrogen-bond acceptors (Lipinski definition) is 6. The predicted molar refractivity (Wildman–Crippen MR) is 114 cm³/mol. The molecule has 1 unspecified atom stereocenters. The normalized spacial score (nSPS) is 22.3. The van der Waals surface area contributed by atoms with Gasteiger partial charge in [-0.05, 0) is 37.1 Å². The van der Waals surface area contributed by atoms with E-state index in [9.17, 15) is 13.2 Å². The second kappa shape index (κ2) is 9.43. The van der Waals surface area contributed by atoms with Crippen LogP contribution in [0.2, 0.25) is 5.02 Å². The van der Waals surface area contributed by atoms with Crippen molar-refractivity contribution in [3.05, 3.63) is 28.8 Å². The fraction of sp³-hybridized carbons (Fsp3) is 0.600. The van der Waals surface area contributed by atoms with E-state index >= 15 is 0 Å². The largest absolute Gasteiger partial charge is 0.310 e. The molecule has 1 atom stereocenters. The Morgan fingerprint density at radius 2 is 2.03 bits per heavy atom. The highest BCUT2D eigenvalue weighted by molar-refractivity contribution is 7.91. The summed E-state index contributed by atoms with van der Waals surface area (Å²) in [6.45, 7) is 5.51. The molecule has 0 N–H and O–H groups in total. The van der Waals surface area contributed by atoms with Gasteiger partial charge in [-0.1, -0.05) is 11.6 Å². The number of benzene rings is 1. The van der Waals surface area contributed by atoms with Gasteiger partial charge in [0, 0.05) is 49.5 Å². The lowest BCUT2D eigenvalue weighted by Gasteiger charge is -2.38. The van der Waals surface area contributed by atoms with Crippen LogP contribution in [-0.2, 0) is 14.6 Å². The first kappa shape index (κ1) is 22.0. The Morgan fingerprint density at radius 3 is 2.62 bits per heavy atom. The molecule has 158 valence electrons. The number of piperazine rings is 1. The molecule has 0 bridgehead atoms. The molecular weight excluding hydrogens is 412 g/mol. The third-order valence-electron chi connectivity index (χ3n) is 5.69. The minimum Gasteiger partial charge on any atom is -0.310 e. The second-order valence-electron chi connectivity index (χ2n) is 7.76. The van der Waals surface area contributed by atoms with Crippen molar-refractivity contribution in [2.45, 2.75) is 25.8 Å². The van der Waals surface area contributed by atoms with Gasteiger partial charge in [0.1, 0.15) is 0 Å². The molecule has 2 fully saturated rings. The Morgan fingerprint density at radius 1 is 1.31 bits per heavy atom. The van der Waals surface area contributed by atoms with Gasteiger partial charge in [-0.15, -0.1) is 0 Å². The maximum atomic E-state index is 13.0. The average molecular weight is 439 g/mol. The molecule has 0 saturated carbocycles. The fourth-order valence-electron chi connectivity index (χ4n) is 3.98. The summed E-state index contributed by atoms with van der Waals surface area (Å²) in [6, 6.07) is 7.67. The van der Waals surface area contributed by atoms with Crippen LogP contribution in [-0.4, -0.2) is 80.9 Å². The zero-order chi connectivity index (χ0) is 21.0. The molecule has 0 spiro atoms. The maximum absolute atomic E-state index is 13.0. The van der Waals surface area contributed by atoms with E-state index in [0.29, 0.717) is 18.0 Å². The van der Waals surface area contributed by atoms with Crippen molar-refractivity contribution in [3.8, 4) is 6.07 Å². The first-order valence-electron chi connectivity index (χ1n) is 9.89. The zero-order valence-electron chi connectivity index (χ0n) is 16.7. The summed E-state index contributed by atoms with van der Waals surface area (Å²) in [5, 5.41) is 9.61. The summed E-state index contributed by atoms with van der Waals surface area (Å²) in [4.78, 5) is 19.0. The third kappa shape index (κ3) is 5.70. The van der Waals surface area contributed by atoms with Crippen LogP contribution in [0.3, 0.4) is 0 Å². The molecule has 1 aromatic rings. The monoisotopic (exact) mass is 438 g/mol. The SMILES string of the molecule is Cc1cc(N(CCC#N)C(=O)CN2CCN(C3CCS(=O)(=O)C3)CC2)ccc1Cl. The summed E-state index contributed by atoms with van der Waals surface area (Å²) in [6.07, 6.45) is 0.969. The summed E-state index contributed by atoms with van der Waals surface area (Å²) in [7, 11) is -2.89. The molecular formula is C20H27ClN4O3S. The smallest absolute Gasteiger partial charge is 0.241 e. The Kier molecular flexibility index (Phi) is 7.17. The molecule has 1 aromatic carbocycles. The molecule has 9 heteroatoms. The number of sulfone groups is 1. The lowest BCUT2D eigenvalue weighted by molar-refractivity contribution is -0.120. The standard InChI is InChI=1S/C20H27ClN4O3S/c1-16-13-17(3-4-19(16)21)25(7-2-6-22)20(26)14-23-8-10-24(11-9-23)18-5-12-29(27,28)15-18/h3-4,13,18H,2,5,7-12,14-15H2,1H3. The number of halogens is 1. The predicted octanol–water partition coefficient (Wildman–Crippen LogP) is 1.70. The number of nitriles is 1. The third-order valence-corrected chi connectivity index (χ3v) is 7.87. The van der Waals surface area contributed by atoms with Gasteiger partial charge >= 0.3 is 0 Å². The van der Waals surface area contributed by atoms with E-state index in [1.807, 2.05) is 19.1 Å². The lowest BCUT2D eigenvalue weighted by Crippen LogP contribution is -2.53. The Hall–Kier alpha value is -1.66. The second-order valence-corrected chi connectivity index (χ2v) is 10.4. The summed E-state index contributed by atoms with van der Waals surface area (Å²) in [5.41, 5.74) is 1.64. The summed E-state index contributed by atoms with van der Waals surface area (Å²) < 4.78 is 23.4. The van der Waals surface area contributed by atoms with Crippen molar-refractivity contribution in [1.29, 1.82) is 5.26 Å². The number of rotatable bonds is 6. The van der Waals surface area contributed by atoms with Crippen LogP contribution in [0.1, 0.15) is 18.4 Å². The van der Waals surface area contributed by atoms with Crippen molar-refractivity contribution >= 4 is 33.0 Å². The molecule has 0 aromatic heterocycles. The van der Waals surface area contributed by atoms with E-state index in [1.165, 1.54) is 0 Å². The first-order chi connectivity index (χ1) is 13.8. The van der Waals surface area contributed by atoms with Crippen molar-refractivity contribution < 1.29 is 13.2 Å². The van der Waals surface area contributed by atoms with Gasteiger partial charge < -0.3 is 4.90 Å². The fourth-order valence-corrected chi connectivity index (χ4v) is 5.86. The Balaban J connectivity index is 1.58. The highest BCUT2D eigenvalue weighted by Gasteiger charge is 2.34.